The molecule has 2 atom stereocenters. The molecule has 0 N–H and O–H groups in total. The number of aliphatic imine (C=N–C) groups is 1. The highest BCUT2D eigenvalue weighted by molar-refractivity contribution is 8.14. The molecule has 152 valence electrons. The summed E-state index contributed by atoms with van der Waals surface area (Å²) < 4.78 is 35.3. The van der Waals surface area contributed by atoms with Crippen molar-refractivity contribution in [3.8, 4) is 11.5 Å². The van der Waals surface area contributed by atoms with Crippen molar-refractivity contribution in [2.75, 3.05) is 29.0 Å². The molecule has 2 aromatic rings. The molecule has 0 spiro atoms. The molecule has 0 aromatic heterocycles. The SMILES string of the molecule is O=S1(=O)C[C@H]2N=C(SCCCc3ccccc3)N(c3ccc4c(c3)OCO4)[C@H]2C1. The predicted octanol–water partition coefficient (Wildman–Crippen LogP) is 3.12. The van der Waals surface area contributed by atoms with Gasteiger partial charge in [0.1, 0.15) is 0 Å². The minimum absolute atomic E-state index is 0.132. The van der Waals surface area contributed by atoms with Gasteiger partial charge in [-0.15, -0.1) is 0 Å². The van der Waals surface area contributed by atoms with E-state index in [0.717, 1.165) is 35.2 Å². The van der Waals surface area contributed by atoms with Crippen molar-refractivity contribution >= 4 is 32.5 Å². The van der Waals surface area contributed by atoms with Crippen molar-refractivity contribution < 1.29 is 17.9 Å². The molecule has 0 bridgehead atoms. The molecule has 2 aromatic carbocycles. The van der Waals surface area contributed by atoms with Crippen LogP contribution in [0.3, 0.4) is 0 Å². The lowest BCUT2D eigenvalue weighted by Gasteiger charge is -2.26. The summed E-state index contributed by atoms with van der Waals surface area (Å²) in [6.07, 6.45) is 2.06. The van der Waals surface area contributed by atoms with E-state index < -0.39 is 9.84 Å². The van der Waals surface area contributed by atoms with Crippen molar-refractivity contribution in [2.45, 2.75) is 24.9 Å². The first-order valence-electron chi connectivity index (χ1n) is 9.73. The van der Waals surface area contributed by atoms with Gasteiger partial charge < -0.3 is 14.4 Å². The first-order valence-corrected chi connectivity index (χ1v) is 12.5. The molecule has 6 nitrogen and oxygen atoms in total. The van der Waals surface area contributed by atoms with E-state index in [1.807, 2.05) is 24.3 Å². The van der Waals surface area contributed by atoms with E-state index in [4.69, 9.17) is 14.5 Å². The standard InChI is InChI=1S/C21H22N2O4S2/c24-29(25)12-17-18(13-29)23(16-8-9-19-20(11-16)27-14-26-19)21(22-17)28-10-4-7-15-5-2-1-3-6-15/h1-3,5-6,8-9,11,17-18H,4,7,10,12-14H2/t17-,18+/m1/s1. The number of hydrogen-bond acceptors (Lipinski definition) is 7. The van der Waals surface area contributed by atoms with Gasteiger partial charge in [0.15, 0.2) is 26.5 Å². The summed E-state index contributed by atoms with van der Waals surface area (Å²) in [5, 5.41) is 0.904. The van der Waals surface area contributed by atoms with Gasteiger partial charge in [-0.05, 0) is 30.5 Å². The first-order chi connectivity index (χ1) is 14.1. The van der Waals surface area contributed by atoms with Gasteiger partial charge in [-0.3, -0.25) is 4.99 Å². The van der Waals surface area contributed by atoms with Crippen LogP contribution in [0.5, 0.6) is 11.5 Å². The third-order valence-corrected chi connectivity index (χ3v) is 8.18. The minimum Gasteiger partial charge on any atom is -0.454 e. The van der Waals surface area contributed by atoms with Crippen LogP contribution in [0.4, 0.5) is 5.69 Å². The Morgan fingerprint density at radius 1 is 1.07 bits per heavy atom. The van der Waals surface area contributed by atoms with Crippen LogP contribution in [0.2, 0.25) is 0 Å². The minimum atomic E-state index is -3.06. The molecule has 8 heteroatoms. The fourth-order valence-electron chi connectivity index (χ4n) is 4.05. The summed E-state index contributed by atoms with van der Waals surface area (Å²) in [5.74, 6) is 2.62. The summed E-state index contributed by atoms with van der Waals surface area (Å²) in [7, 11) is -3.06. The van der Waals surface area contributed by atoms with E-state index in [9.17, 15) is 8.42 Å². The molecule has 3 aliphatic rings. The Balaban J connectivity index is 1.33. The number of sulfone groups is 1. The number of thioether (sulfide) groups is 1. The maximum absolute atomic E-state index is 12.2. The normalized spacial score (nSPS) is 23.9. The Bertz CT molecular complexity index is 1040. The quantitative estimate of drug-likeness (QED) is 0.679. The van der Waals surface area contributed by atoms with Crippen LogP contribution in [-0.2, 0) is 16.3 Å². The maximum Gasteiger partial charge on any atom is 0.231 e. The van der Waals surface area contributed by atoms with Gasteiger partial charge in [0.25, 0.3) is 0 Å². The summed E-state index contributed by atoms with van der Waals surface area (Å²) in [4.78, 5) is 6.88. The van der Waals surface area contributed by atoms with Crippen LogP contribution in [0.1, 0.15) is 12.0 Å². The number of aryl methyl sites for hydroxylation is 1. The summed E-state index contributed by atoms with van der Waals surface area (Å²) in [6, 6.07) is 15.9. The second kappa shape index (κ2) is 7.57. The Morgan fingerprint density at radius 2 is 1.90 bits per heavy atom. The molecule has 3 heterocycles. The number of fused-ring (bicyclic) bond motifs is 2. The maximum atomic E-state index is 12.2. The Morgan fingerprint density at radius 3 is 2.76 bits per heavy atom. The highest BCUT2D eigenvalue weighted by atomic mass is 32.2. The summed E-state index contributed by atoms with van der Waals surface area (Å²) >= 11 is 1.71. The summed E-state index contributed by atoms with van der Waals surface area (Å²) in [6.45, 7) is 0.217. The average molecular weight is 431 g/mol. The van der Waals surface area contributed by atoms with Crippen molar-refractivity contribution in [3.63, 3.8) is 0 Å². The molecule has 1 saturated heterocycles. The number of benzene rings is 2. The topological polar surface area (TPSA) is 68.2 Å². The van der Waals surface area contributed by atoms with Crippen molar-refractivity contribution in [3.05, 3.63) is 54.1 Å². The van der Waals surface area contributed by atoms with Gasteiger partial charge in [-0.2, -0.15) is 0 Å². The molecule has 0 saturated carbocycles. The highest BCUT2D eigenvalue weighted by Crippen LogP contribution is 2.40. The van der Waals surface area contributed by atoms with Gasteiger partial charge in [-0.25, -0.2) is 8.42 Å². The first kappa shape index (κ1) is 18.8. The largest absolute Gasteiger partial charge is 0.454 e. The van der Waals surface area contributed by atoms with Crippen LogP contribution in [0.15, 0.2) is 53.5 Å². The van der Waals surface area contributed by atoms with Crippen LogP contribution >= 0.6 is 11.8 Å². The molecular weight excluding hydrogens is 408 g/mol. The lowest BCUT2D eigenvalue weighted by molar-refractivity contribution is 0.174. The molecule has 29 heavy (non-hydrogen) atoms. The lowest BCUT2D eigenvalue weighted by atomic mass is 10.1. The van der Waals surface area contributed by atoms with Crippen LogP contribution in [0.25, 0.3) is 0 Å². The molecule has 1 fully saturated rings. The fraction of sp³-hybridized carbons (Fsp3) is 0.381. The zero-order chi connectivity index (χ0) is 19.8. The Labute approximate surface area is 174 Å². The van der Waals surface area contributed by atoms with E-state index in [2.05, 4.69) is 29.2 Å². The lowest BCUT2D eigenvalue weighted by Crippen LogP contribution is -2.39. The number of hydrogen-bond donors (Lipinski definition) is 0. The van der Waals surface area contributed by atoms with Crippen LogP contribution in [-0.4, -0.2) is 49.7 Å². The fourth-order valence-corrected chi connectivity index (χ4v) is 6.96. The molecule has 5 rings (SSSR count). The number of ether oxygens (including phenoxy) is 2. The Kier molecular flexibility index (Phi) is 4.91. The van der Waals surface area contributed by atoms with Gasteiger partial charge in [0.2, 0.25) is 6.79 Å². The number of amidine groups is 1. The van der Waals surface area contributed by atoms with Crippen LogP contribution in [0, 0.1) is 0 Å². The Hall–Kier alpha value is -2.19. The molecule has 0 amide bonds. The van der Waals surface area contributed by atoms with Crippen molar-refractivity contribution in [1.29, 1.82) is 0 Å². The van der Waals surface area contributed by atoms with Gasteiger partial charge in [0, 0.05) is 17.5 Å². The third-order valence-electron chi connectivity index (χ3n) is 5.43. The smallest absolute Gasteiger partial charge is 0.231 e. The zero-order valence-corrected chi connectivity index (χ0v) is 17.5. The second-order valence-electron chi connectivity index (χ2n) is 7.47. The van der Waals surface area contributed by atoms with E-state index >= 15 is 0 Å². The number of anilines is 1. The molecule has 0 radical (unpaired) electrons. The van der Waals surface area contributed by atoms with Gasteiger partial charge >= 0.3 is 0 Å². The van der Waals surface area contributed by atoms with Crippen LogP contribution < -0.4 is 14.4 Å². The molecule has 0 aliphatic carbocycles. The number of nitrogens with zero attached hydrogens (tertiary/aromatic N) is 2. The zero-order valence-electron chi connectivity index (χ0n) is 15.9. The third kappa shape index (κ3) is 3.83. The monoisotopic (exact) mass is 430 g/mol. The van der Waals surface area contributed by atoms with Crippen molar-refractivity contribution in [2.24, 2.45) is 4.99 Å². The summed E-state index contributed by atoms with van der Waals surface area (Å²) in [5.41, 5.74) is 2.24. The van der Waals surface area contributed by atoms with E-state index in [0.29, 0.717) is 5.75 Å². The molecule has 3 aliphatic heterocycles. The molecular formula is C21H22N2O4S2. The van der Waals surface area contributed by atoms with E-state index in [1.54, 1.807) is 11.8 Å². The predicted molar refractivity (Wildman–Crippen MR) is 116 cm³/mol. The van der Waals surface area contributed by atoms with E-state index in [1.165, 1.54) is 5.56 Å². The second-order valence-corrected chi connectivity index (χ2v) is 10.7. The average Bonchev–Trinajstić information content (AvgIpc) is 3.37. The van der Waals surface area contributed by atoms with Crippen molar-refractivity contribution in [1.82, 2.24) is 0 Å². The highest BCUT2D eigenvalue weighted by Gasteiger charge is 2.47. The van der Waals surface area contributed by atoms with Gasteiger partial charge in [0.05, 0.1) is 23.6 Å². The van der Waals surface area contributed by atoms with E-state index in [-0.39, 0.29) is 30.4 Å². The number of rotatable bonds is 5. The van der Waals surface area contributed by atoms with Gasteiger partial charge in [-0.1, -0.05) is 42.1 Å². The molecule has 0 unspecified atom stereocenters.